The predicted molar refractivity (Wildman–Crippen MR) is 168 cm³/mol. The van der Waals surface area contributed by atoms with E-state index in [9.17, 15) is 10.4 Å². The van der Waals surface area contributed by atoms with E-state index in [0.717, 1.165) is 48.9 Å². The molecule has 43 heavy (non-hydrogen) atoms. The van der Waals surface area contributed by atoms with E-state index in [1.54, 1.807) is 0 Å². The number of aromatic hydroxyl groups is 1. The second-order valence-electron chi connectivity index (χ2n) is 12.4. The largest absolute Gasteiger partial charge is 0.508 e. The molecule has 10 heteroatoms. The number of halogens is 3. The highest BCUT2D eigenvalue weighted by molar-refractivity contribution is 6.44. The molecular formula is C33H34Cl2FN5O2. The molecule has 5 heterocycles. The van der Waals surface area contributed by atoms with Crippen LogP contribution < -0.4 is 10.1 Å². The number of aromatic nitrogens is 2. The van der Waals surface area contributed by atoms with E-state index in [1.165, 1.54) is 12.1 Å². The van der Waals surface area contributed by atoms with Gasteiger partial charge in [-0.2, -0.15) is 5.26 Å². The van der Waals surface area contributed by atoms with Crippen LogP contribution in [0.25, 0.3) is 32.9 Å². The van der Waals surface area contributed by atoms with Crippen LogP contribution in [0.1, 0.15) is 49.9 Å². The first-order valence-electron chi connectivity index (χ1n) is 15.0. The van der Waals surface area contributed by atoms with Crippen LogP contribution in [-0.4, -0.2) is 57.9 Å². The molecule has 7 nitrogen and oxygen atoms in total. The van der Waals surface area contributed by atoms with Crippen molar-refractivity contribution < 1.29 is 14.2 Å². The van der Waals surface area contributed by atoms with E-state index < -0.39 is 5.82 Å². The van der Waals surface area contributed by atoms with Crippen LogP contribution in [0.4, 0.5) is 4.39 Å². The normalized spacial score (nSPS) is 24.0. The maximum Gasteiger partial charge on any atom is 0.223 e. The molecule has 0 radical (unpaired) electrons. The Balaban J connectivity index is 1.52. The van der Waals surface area contributed by atoms with Crippen molar-refractivity contribution in [3.05, 3.63) is 51.4 Å². The molecule has 4 fully saturated rings. The van der Waals surface area contributed by atoms with Crippen LogP contribution in [0.5, 0.6) is 11.6 Å². The summed E-state index contributed by atoms with van der Waals surface area (Å²) in [7, 11) is 2.11. The number of hydrogen-bond donors (Lipinski definition) is 2. The summed E-state index contributed by atoms with van der Waals surface area (Å²) in [5.74, 6) is 0.209. The Labute approximate surface area is 260 Å². The summed E-state index contributed by atoms with van der Waals surface area (Å²) in [5.41, 5.74) is 3.20. The molecule has 4 aromatic rings. The van der Waals surface area contributed by atoms with Gasteiger partial charge >= 0.3 is 0 Å². The zero-order valence-corrected chi connectivity index (χ0v) is 25.9. The fraction of sp³-hybridized carbons (Fsp3) is 0.455. The molecule has 3 saturated heterocycles. The van der Waals surface area contributed by atoms with Gasteiger partial charge in [-0.3, -0.25) is 4.90 Å². The van der Waals surface area contributed by atoms with Crippen molar-refractivity contribution in [3.63, 3.8) is 0 Å². The van der Waals surface area contributed by atoms with Gasteiger partial charge in [-0.15, -0.1) is 0 Å². The van der Waals surface area contributed by atoms with E-state index in [2.05, 4.69) is 47.8 Å². The summed E-state index contributed by atoms with van der Waals surface area (Å²) in [6.07, 6.45) is 3.60. The summed E-state index contributed by atoms with van der Waals surface area (Å²) in [6, 6.07) is 9.85. The summed E-state index contributed by atoms with van der Waals surface area (Å²) in [4.78, 5) is 7.19. The smallest absolute Gasteiger partial charge is 0.223 e. The number of hydrogen-bond acceptors (Lipinski definition) is 6. The summed E-state index contributed by atoms with van der Waals surface area (Å²) < 4.78 is 26.1. The van der Waals surface area contributed by atoms with Crippen LogP contribution >= 0.6 is 23.2 Å². The molecule has 0 spiro atoms. The third-order valence-corrected chi connectivity index (χ3v) is 10.6. The molecular weight excluding hydrogens is 588 g/mol. The molecule has 0 amide bonds. The van der Waals surface area contributed by atoms with Gasteiger partial charge in [0.1, 0.15) is 17.4 Å². The number of likely N-dealkylation sites (N-methyl/N-ethyl adjacent to an activating group) is 1. The Kier molecular flexibility index (Phi) is 7.21. The zero-order valence-electron chi connectivity index (χ0n) is 24.4. The Bertz CT molecular complexity index is 1800. The van der Waals surface area contributed by atoms with Crippen molar-refractivity contribution >= 4 is 45.0 Å². The predicted octanol–water partition coefficient (Wildman–Crippen LogP) is 7.17. The van der Waals surface area contributed by atoms with E-state index >= 15 is 4.39 Å². The van der Waals surface area contributed by atoms with Gasteiger partial charge in [0.15, 0.2) is 5.82 Å². The Morgan fingerprint density at radius 1 is 1.26 bits per heavy atom. The van der Waals surface area contributed by atoms with Gasteiger partial charge in [0.05, 0.1) is 33.1 Å². The highest BCUT2D eigenvalue weighted by Gasteiger charge is 2.48. The standard InChI is InChI=1S/C33H34Cl2FN5O2/c1-16-10-23-32(41(16)31-19-12-25(31)38-15-19)22-11-18(6-4-8-37)27(21-13-20(42)14-24(34)28(21)35)29(36)30(22)39-33(23)43-17(2)26-7-5-9-40(26)3/h10-11,13-14,17,19,25-26,31,38,42H,4-7,9,12,15H2,1-3H3/t17?,19-,25-,26+,31+/m1/s1. The minimum absolute atomic E-state index is 0.113. The van der Waals surface area contributed by atoms with Crippen LogP contribution in [0.3, 0.4) is 0 Å². The van der Waals surface area contributed by atoms with Gasteiger partial charge in [-0.1, -0.05) is 23.2 Å². The van der Waals surface area contributed by atoms with Crippen molar-refractivity contribution in [1.29, 1.82) is 5.26 Å². The lowest BCUT2D eigenvalue weighted by Gasteiger charge is -2.37. The third-order valence-electron chi connectivity index (χ3n) is 9.85. The Morgan fingerprint density at radius 2 is 2.07 bits per heavy atom. The molecule has 2 bridgehead atoms. The average Bonchev–Trinajstić information content (AvgIpc) is 3.76. The first-order valence-corrected chi connectivity index (χ1v) is 15.8. The number of fused-ring (bicyclic) bond motifs is 4. The maximum absolute atomic E-state index is 17.1. The number of pyridine rings is 1. The number of phenolic OH excluding ortho intramolecular Hbond substituents is 1. The fourth-order valence-electron chi connectivity index (χ4n) is 7.77. The lowest BCUT2D eigenvalue weighted by Crippen LogP contribution is -2.39. The summed E-state index contributed by atoms with van der Waals surface area (Å²) >= 11 is 12.9. The lowest BCUT2D eigenvalue weighted by molar-refractivity contribution is 0.119. The van der Waals surface area contributed by atoms with Crippen LogP contribution in [0, 0.1) is 30.0 Å². The second kappa shape index (κ2) is 10.8. The molecule has 4 aliphatic rings. The van der Waals surface area contributed by atoms with Gasteiger partial charge in [0.2, 0.25) is 5.88 Å². The van der Waals surface area contributed by atoms with Crippen LogP contribution in [-0.2, 0) is 6.42 Å². The number of nitrogens with one attached hydrogen (secondary N) is 1. The number of rotatable bonds is 7. The van der Waals surface area contributed by atoms with Gasteiger partial charge < -0.3 is 19.7 Å². The molecule has 5 atom stereocenters. The fourth-order valence-corrected chi connectivity index (χ4v) is 8.18. The van der Waals surface area contributed by atoms with E-state index in [1.807, 2.05) is 6.07 Å². The van der Waals surface area contributed by atoms with E-state index in [0.29, 0.717) is 35.2 Å². The summed E-state index contributed by atoms with van der Waals surface area (Å²) in [6.45, 7) is 6.14. The van der Waals surface area contributed by atoms with Crippen molar-refractivity contribution in [1.82, 2.24) is 19.8 Å². The highest BCUT2D eigenvalue weighted by Crippen LogP contribution is 2.49. The van der Waals surface area contributed by atoms with Crippen molar-refractivity contribution in [2.45, 2.75) is 70.2 Å². The summed E-state index contributed by atoms with van der Waals surface area (Å²) in [5, 5.41) is 25.2. The molecule has 1 unspecified atom stereocenters. The van der Waals surface area contributed by atoms with Gasteiger partial charge in [0, 0.05) is 53.3 Å². The Hall–Kier alpha value is -3.09. The number of likely N-dealkylation sites (tertiary alicyclic amines) is 1. The second-order valence-corrected chi connectivity index (χ2v) is 13.2. The third kappa shape index (κ3) is 4.55. The minimum Gasteiger partial charge on any atom is -0.508 e. The molecule has 2 N–H and O–H groups in total. The first-order chi connectivity index (χ1) is 20.7. The first kappa shape index (κ1) is 28.7. The number of phenols is 1. The van der Waals surface area contributed by atoms with Crippen molar-refractivity contribution in [2.75, 3.05) is 20.1 Å². The molecule has 1 aliphatic carbocycles. The molecule has 2 aromatic heterocycles. The number of ether oxygens (including phenoxy) is 1. The zero-order chi connectivity index (χ0) is 30.2. The van der Waals surface area contributed by atoms with Gasteiger partial charge in [-0.05, 0) is 82.8 Å². The lowest BCUT2D eigenvalue weighted by atomic mass is 9.79. The quantitative estimate of drug-likeness (QED) is 0.227. The molecule has 224 valence electrons. The number of nitrogens with zero attached hydrogens (tertiary/aromatic N) is 4. The highest BCUT2D eigenvalue weighted by atomic mass is 35.5. The van der Waals surface area contributed by atoms with Crippen molar-refractivity contribution in [3.8, 4) is 28.8 Å². The van der Waals surface area contributed by atoms with Crippen LogP contribution in [0.15, 0.2) is 24.3 Å². The monoisotopic (exact) mass is 621 g/mol. The molecule has 8 rings (SSSR count). The number of aryl methyl sites for hydroxylation is 2. The SMILES string of the molecule is Cc1cc2c(OC(C)[C@@H]3CCCN3C)nc3c(F)c(-c4cc(O)cc(Cl)c4Cl)c(CCC#N)cc3c2n1[C@H]1[C@H]2CN[C@@H]1C2. The van der Waals surface area contributed by atoms with Gasteiger partial charge in [0.25, 0.3) is 0 Å². The van der Waals surface area contributed by atoms with Crippen molar-refractivity contribution in [2.24, 2.45) is 5.92 Å². The van der Waals surface area contributed by atoms with Gasteiger partial charge in [-0.25, -0.2) is 9.37 Å². The Morgan fingerprint density at radius 3 is 2.74 bits per heavy atom. The number of nitriles is 1. The van der Waals surface area contributed by atoms with Crippen LogP contribution in [0.2, 0.25) is 10.0 Å². The van der Waals surface area contributed by atoms with E-state index in [4.69, 9.17) is 32.9 Å². The maximum atomic E-state index is 17.1. The average molecular weight is 623 g/mol. The topological polar surface area (TPSA) is 86.3 Å². The number of benzene rings is 2. The molecule has 2 aromatic carbocycles. The minimum atomic E-state index is -0.577. The molecule has 1 saturated carbocycles. The van der Waals surface area contributed by atoms with E-state index in [-0.39, 0.29) is 57.0 Å². The molecule has 3 aliphatic heterocycles.